The molecule has 0 fully saturated rings. The van der Waals surface area contributed by atoms with Crippen LogP contribution < -0.4 is 10.6 Å². The van der Waals surface area contributed by atoms with Crippen LogP contribution in [0.2, 0.25) is 0 Å². The van der Waals surface area contributed by atoms with Crippen LogP contribution in [0.25, 0.3) is 0 Å². The molecule has 3 rings (SSSR count). The maximum atomic E-state index is 13.7. The van der Waals surface area contributed by atoms with Crippen molar-refractivity contribution in [2.24, 2.45) is 0 Å². The Morgan fingerprint density at radius 3 is 2.59 bits per heavy atom. The first-order chi connectivity index (χ1) is 13.9. The predicted octanol–water partition coefficient (Wildman–Crippen LogP) is 3.49. The number of hydrogen-bond donors (Lipinski definition) is 2. The summed E-state index contributed by atoms with van der Waals surface area (Å²) >= 11 is 0. The number of amides is 2. The van der Waals surface area contributed by atoms with Crippen LogP contribution in [0.15, 0.2) is 42.5 Å². The van der Waals surface area contributed by atoms with Gasteiger partial charge in [0.15, 0.2) is 5.69 Å². The number of hydrogen-bond acceptors (Lipinski definition) is 4. The van der Waals surface area contributed by atoms with Crippen LogP contribution in [0.4, 0.5) is 15.8 Å². The van der Waals surface area contributed by atoms with Crippen LogP contribution >= 0.6 is 0 Å². The standard InChI is InChI=1S/C21H22FN5O2/c1-4-15-7-5-6-8-18(15)24-19(28)12-27-14(3)20(25-26-27)21(29)23-16-10-9-13(2)17(22)11-16/h5-11H,4,12H2,1-3H3,(H,23,29)(H,24,28). The second-order valence-electron chi connectivity index (χ2n) is 6.66. The number of nitrogens with zero attached hydrogens (tertiary/aromatic N) is 3. The van der Waals surface area contributed by atoms with Gasteiger partial charge < -0.3 is 10.6 Å². The zero-order chi connectivity index (χ0) is 21.0. The first-order valence-corrected chi connectivity index (χ1v) is 9.24. The second-order valence-corrected chi connectivity index (χ2v) is 6.66. The first-order valence-electron chi connectivity index (χ1n) is 9.24. The molecule has 7 nitrogen and oxygen atoms in total. The zero-order valence-corrected chi connectivity index (χ0v) is 16.5. The monoisotopic (exact) mass is 395 g/mol. The summed E-state index contributed by atoms with van der Waals surface area (Å²) in [5, 5.41) is 13.2. The Morgan fingerprint density at radius 1 is 1.10 bits per heavy atom. The van der Waals surface area contributed by atoms with Crippen molar-refractivity contribution in [1.82, 2.24) is 15.0 Å². The minimum absolute atomic E-state index is 0.0766. The van der Waals surface area contributed by atoms with Gasteiger partial charge in [-0.25, -0.2) is 9.07 Å². The molecule has 2 aromatic carbocycles. The number of aromatic nitrogens is 3. The van der Waals surface area contributed by atoms with Crippen molar-refractivity contribution in [3.63, 3.8) is 0 Å². The van der Waals surface area contributed by atoms with Gasteiger partial charge in [-0.15, -0.1) is 5.10 Å². The fourth-order valence-electron chi connectivity index (χ4n) is 2.86. The Balaban J connectivity index is 1.69. The minimum atomic E-state index is -0.520. The third-order valence-corrected chi connectivity index (χ3v) is 4.59. The average molecular weight is 395 g/mol. The van der Waals surface area contributed by atoms with Crippen LogP contribution in [0, 0.1) is 19.7 Å². The highest BCUT2D eigenvalue weighted by Gasteiger charge is 2.18. The molecule has 2 N–H and O–H groups in total. The van der Waals surface area contributed by atoms with Gasteiger partial charge in [-0.05, 0) is 49.6 Å². The number of benzene rings is 2. The number of carbonyl (C=O) groups excluding carboxylic acids is 2. The molecule has 2 amide bonds. The molecule has 0 radical (unpaired) electrons. The van der Waals surface area contributed by atoms with Gasteiger partial charge in [0.1, 0.15) is 12.4 Å². The van der Waals surface area contributed by atoms with Crippen LogP contribution in [-0.4, -0.2) is 26.8 Å². The fourth-order valence-corrected chi connectivity index (χ4v) is 2.86. The molecule has 0 unspecified atom stereocenters. The van der Waals surface area contributed by atoms with E-state index in [4.69, 9.17) is 0 Å². The summed E-state index contributed by atoms with van der Waals surface area (Å²) < 4.78 is 15.0. The molecule has 150 valence electrons. The molecule has 3 aromatic rings. The number of aryl methyl sites for hydroxylation is 2. The molecule has 1 heterocycles. The highest BCUT2D eigenvalue weighted by atomic mass is 19.1. The summed E-state index contributed by atoms with van der Waals surface area (Å²) in [6.45, 7) is 5.22. The minimum Gasteiger partial charge on any atom is -0.324 e. The van der Waals surface area contributed by atoms with E-state index in [0.717, 1.165) is 17.7 Å². The number of para-hydroxylation sites is 1. The Hall–Kier alpha value is -3.55. The summed E-state index contributed by atoms with van der Waals surface area (Å²) in [7, 11) is 0. The smallest absolute Gasteiger partial charge is 0.278 e. The Labute approximate surface area is 167 Å². The summed E-state index contributed by atoms with van der Waals surface area (Å²) in [4.78, 5) is 24.9. The van der Waals surface area contributed by atoms with Gasteiger partial charge in [0.25, 0.3) is 5.91 Å². The van der Waals surface area contributed by atoms with Gasteiger partial charge in [0.05, 0.1) is 5.69 Å². The molecule has 1 aromatic heterocycles. The van der Waals surface area contributed by atoms with E-state index in [0.29, 0.717) is 16.9 Å². The van der Waals surface area contributed by atoms with Crippen molar-refractivity contribution < 1.29 is 14.0 Å². The van der Waals surface area contributed by atoms with E-state index >= 15 is 0 Å². The third-order valence-electron chi connectivity index (χ3n) is 4.59. The maximum absolute atomic E-state index is 13.7. The Bertz CT molecular complexity index is 1060. The molecule has 8 heteroatoms. The van der Waals surface area contributed by atoms with Gasteiger partial charge >= 0.3 is 0 Å². The Morgan fingerprint density at radius 2 is 1.86 bits per heavy atom. The third kappa shape index (κ3) is 4.66. The Kier molecular flexibility index (Phi) is 6.01. The molecule has 0 atom stereocenters. The summed E-state index contributed by atoms with van der Waals surface area (Å²) in [5.74, 6) is -1.20. The zero-order valence-electron chi connectivity index (χ0n) is 16.5. The van der Waals surface area contributed by atoms with E-state index in [-0.39, 0.29) is 18.1 Å². The largest absolute Gasteiger partial charge is 0.324 e. The van der Waals surface area contributed by atoms with E-state index in [1.54, 1.807) is 26.0 Å². The van der Waals surface area contributed by atoms with Crippen LogP contribution in [0.1, 0.15) is 34.2 Å². The van der Waals surface area contributed by atoms with Crippen molar-refractivity contribution in [2.45, 2.75) is 33.7 Å². The normalized spacial score (nSPS) is 10.6. The quantitative estimate of drug-likeness (QED) is 0.669. The SMILES string of the molecule is CCc1ccccc1NC(=O)Cn1nnc(C(=O)Nc2ccc(C)c(F)c2)c1C. The van der Waals surface area contributed by atoms with Crippen molar-refractivity contribution in [3.8, 4) is 0 Å². The summed E-state index contributed by atoms with van der Waals surface area (Å²) in [6.07, 6.45) is 0.794. The van der Waals surface area contributed by atoms with Crippen LogP contribution in [-0.2, 0) is 17.8 Å². The van der Waals surface area contributed by atoms with Gasteiger partial charge in [0.2, 0.25) is 5.91 Å². The lowest BCUT2D eigenvalue weighted by Crippen LogP contribution is -2.21. The van der Waals surface area contributed by atoms with Gasteiger partial charge in [-0.2, -0.15) is 0 Å². The average Bonchev–Trinajstić information content (AvgIpc) is 3.05. The molecular weight excluding hydrogens is 373 g/mol. The van der Waals surface area contributed by atoms with E-state index in [9.17, 15) is 14.0 Å². The lowest BCUT2D eigenvalue weighted by Gasteiger charge is -2.10. The molecule has 0 saturated heterocycles. The second kappa shape index (κ2) is 8.64. The van der Waals surface area contributed by atoms with Crippen molar-refractivity contribution in [1.29, 1.82) is 0 Å². The van der Waals surface area contributed by atoms with Crippen LogP contribution in [0.3, 0.4) is 0 Å². The van der Waals surface area contributed by atoms with Crippen molar-refractivity contribution >= 4 is 23.2 Å². The number of halogens is 1. The topological polar surface area (TPSA) is 88.9 Å². The highest BCUT2D eigenvalue weighted by molar-refractivity contribution is 6.03. The number of anilines is 2. The van der Waals surface area contributed by atoms with E-state index in [1.165, 1.54) is 10.7 Å². The van der Waals surface area contributed by atoms with Gasteiger partial charge in [-0.1, -0.05) is 36.4 Å². The highest BCUT2D eigenvalue weighted by Crippen LogP contribution is 2.17. The molecule has 0 aliphatic heterocycles. The number of rotatable bonds is 6. The molecule has 29 heavy (non-hydrogen) atoms. The van der Waals surface area contributed by atoms with Crippen LogP contribution in [0.5, 0.6) is 0 Å². The number of carbonyl (C=O) groups is 2. The van der Waals surface area contributed by atoms with E-state index in [1.807, 2.05) is 31.2 Å². The molecule has 0 aliphatic rings. The van der Waals surface area contributed by atoms with Gasteiger partial charge in [-0.3, -0.25) is 9.59 Å². The predicted molar refractivity (Wildman–Crippen MR) is 108 cm³/mol. The molecule has 0 aliphatic carbocycles. The lowest BCUT2D eigenvalue weighted by molar-refractivity contribution is -0.117. The molecule has 0 spiro atoms. The summed E-state index contributed by atoms with van der Waals surface area (Å²) in [5.41, 5.74) is 3.10. The molecule has 0 bridgehead atoms. The van der Waals surface area contributed by atoms with Crippen molar-refractivity contribution in [2.75, 3.05) is 10.6 Å². The first kappa shape index (κ1) is 20.2. The van der Waals surface area contributed by atoms with Crippen molar-refractivity contribution in [3.05, 3.63) is 70.8 Å². The van der Waals surface area contributed by atoms with Gasteiger partial charge in [0, 0.05) is 11.4 Å². The van der Waals surface area contributed by atoms with E-state index < -0.39 is 11.7 Å². The summed E-state index contributed by atoms with van der Waals surface area (Å²) in [6, 6.07) is 12.0. The molecular formula is C21H22FN5O2. The lowest BCUT2D eigenvalue weighted by atomic mass is 10.1. The maximum Gasteiger partial charge on any atom is 0.278 e. The fraction of sp³-hybridized carbons (Fsp3) is 0.238. The molecule has 0 saturated carbocycles. The number of nitrogens with one attached hydrogen (secondary N) is 2. The van der Waals surface area contributed by atoms with E-state index in [2.05, 4.69) is 20.9 Å².